The van der Waals surface area contributed by atoms with Crippen molar-refractivity contribution in [3.05, 3.63) is 36.2 Å². The highest BCUT2D eigenvalue weighted by molar-refractivity contribution is 5.78. The van der Waals surface area contributed by atoms with Crippen LogP contribution in [0.5, 0.6) is 5.75 Å². The van der Waals surface area contributed by atoms with Crippen LogP contribution in [0.2, 0.25) is 0 Å². The van der Waals surface area contributed by atoms with Crippen molar-refractivity contribution < 1.29 is 9.53 Å². The number of ether oxygens (including phenoxy) is 1. The standard InChI is InChI=1S/C15H16N3O2/c1-10-14(8-16-18-10)11-3-2-4-13(7-11)20-9-15(19)17-12-5-6-12/h3-4,7-8,12H,5-6,9H2,1H3,(H,16,18)(H,17,19). The lowest BCUT2D eigenvalue weighted by Crippen LogP contribution is -2.30. The number of hydrogen-bond donors (Lipinski definition) is 2. The predicted molar refractivity (Wildman–Crippen MR) is 74.3 cm³/mol. The quantitative estimate of drug-likeness (QED) is 0.871. The molecule has 1 saturated carbocycles. The van der Waals surface area contributed by atoms with Crippen LogP contribution in [0.3, 0.4) is 0 Å². The zero-order chi connectivity index (χ0) is 13.9. The lowest BCUT2D eigenvalue weighted by Gasteiger charge is -2.08. The highest BCUT2D eigenvalue weighted by Gasteiger charge is 2.23. The molecule has 0 atom stereocenters. The molecule has 0 unspecified atom stereocenters. The third-order valence-electron chi connectivity index (χ3n) is 3.22. The first-order valence-corrected chi connectivity index (χ1v) is 6.66. The van der Waals surface area contributed by atoms with E-state index in [-0.39, 0.29) is 12.5 Å². The number of H-pyrrole nitrogens is 1. The number of carbonyl (C=O) groups excluding carboxylic acids is 1. The lowest BCUT2D eigenvalue weighted by molar-refractivity contribution is -0.123. The van der Waals surface area contributed by atoms with E-state index in [1.165, 1.54) is 0 Å². The molecular formula is C15H16N3O2. The first kappa shape index (κ1) is 12.7. The van der Waals surface area contributed by atoms with Crippen molar-refractivity contribution in [2.24, 2.45) is 0 Å². The van der Waals surface area contributed by atoms with Crippen LogP contribution in [0, 0.1) is 13.0 Å². The van der Waals surface area contributed by atoms with E-state index >= 15 is 0 Å². The number of amides is 1. The van der Waals surface area contributed by atoms with Crippen LogP contribution in [0.15, 0.2) is 24.4 Å². The molecule has 3 rings (SSSR count). The van der Waals surface area contributed by atoms with E-state index in [4.69, 9.17) is 4.74 Å². The molecule has 1 amide bonds. The van der Waals surface area contributed by atoms with Crippen molar-refractivity contribution in [3.8, 4) is 16.9 Å². The van der Waals surface area contributed by atoms with Gasteiger partial charge < -0.3 is 10.1 Å². The second kappa shape index (κ2) is 5.36. The molecule has 1 heterocycles. The van der Waals surface area contributed by atoms with E-state index in [0.717, 1.165) is 29.7 Å². The summed E-state index contributed by atoms with van der Waals surface area (Å²) in [6.45, 7) is 1.97. The van der Waals surface area contributed by atoms with Crippen molar-refractivity contribution in [3.63, 3.8) is 0 Å². The van der Waals surface area contributed by atoms with E-state index in [0.29, 0.717) is 11.8 Å². The molecule has 1 fully saturated rings. The van der Waals surface area contributed by atoms with Gasteiger partial charge >= 0.3 is 0 Å². The number of aryl methyl sites for hydroxylation is 1. The molecule has 103 valence electrons. The minimum Gasteiger partial charge on any atom is -0.484 e. The summed E-state index contributed by atoms with van der Waals surface area (Å²) in [6.07, 6.45) is 3.99. The molecule has 5 nitrogen and oxygen atoms in total. The maximum Gasteiger partial charge on any atom is 0.258 e. The number of carbonyl (C=O) groups is 1. The average Bonchev–Trinajstić information content (AvgIpc) is 3.15. The summed E-state index contributed by atoms with van der Waals surface area (Å²) in [4.78, 5) is 11.6. The predicted octanol–water partition coefficient (Wildman–Crippen LogP) is 1.84. The van der Waals surface area contributed by atoms with E-state index in [2.05, 4.69) is 21.6 Å². The van der Waals surface area contributed by atoms with Gasteiger partial charge in [-0.1, -0.05) is 0 Å². The van der Waals surface area contributed by atoms with Crippen LogP contribution in [-0.4, -0.2) is 28.8 Å². The molecule has 1 aromatic heterocycles. The molecule has 5 heteroatoms. The van der Waals surface area contributed by atoms with Gasteiger partial charge in [0, 0.05) is 17.8 Å². The van der Waals surface area contributed by atoms with E-state index in [1.807, 2.05) is 25.3 Å². The number of benzene rings is 1. The molecule has 0 spiro atoms. The first-order chi connectivity index (χ1) is 9.72. The van der Waals surface area contributed by atoms with Crippen molar-refractivity contribution >= 4 is 5.91 Å². The summed E-state index contributed by atoms with van der Waals surface area (Å²) >= 11 is 0. The SMILES string of the molecule is Cc1n[nH]cc1-c1c[c]cc(OCC(=O)NC2CC2)c1. The van der Waals surface area contributed by atoms with Gasteiger partial charge in [-0.25, -0.2) is 0 Å². The van der Waals surface area contributed by atoms with Crippen LogP contribution in [0.1, 0.15) is 18.5 Å². The summed E-state index contributed by atoms with van der Waals surface area (Å²) < 4.78 is 5.50. The highest BCUT2D eigenvalue weighted by atomic mass is 16.5. The van der Waals surface area contributed by atoms with Gasteiger partial charge in [0.05, 0.1) is 5.69 Å². The fourth-order valence-electron chi connectivity index (χ4n) is 1.99. The third-order valence-corrected chi connectivity index (χ3v) is 3.22. The molecule has 0 aliphatic heterocycles. The average molecular weight is 270 g/mol. The maximum absolute atomic E-state index is 11.6. The number of nitrogens with zero attached hydrogens (tertiary/aromatic N) is 1. The van der Waals surface area contributed by atoms with E-state index in [1.54, 1.807) is 6.07 Å². The maximum atomic E-state index is 11.6. The number of aromatic amines is 1. The Balaban J connectivity index is 1.65. The van der Waals surface area contributed by atoms with E-state index < -0.39 is 0 Å². The van der Waals surface area contributed by atoms with Crippen molar-refractivity contribution in [1.29, 1.82) is 0 Å². The molecule has 2 N–H and O–H groups in total. The Kier molecular flexibility index (Phi) is 3.41. The molecule has 1 aromatic carbocycles. The second-order valence-electron chi connectivity index (χ2n) is 4.97. The van der Waals surface area contributed by atoms with Gasteiger partial charge in [0.25, 0.3) is 5.91 Å². The smallest absolute Gasteiger partial charge is 0.258 e. The van der Waals surface area contributed by atoms with Crippen LogP contribution in [0.25, 0.3) is 11.1 Å². The molecule has 1 aliphatic carbocycles. The zero-order valence-electron chi connectivity index (χ0n) is 11.3. The van der Waals surface area contributed by atoms with Gasteiger partial charge in [-0.2, -0.15) is 5.10 Å². The molecule has 0 bridgehead atoms. The summed E-state index contributed by atoms with van der Waals surface area (Å²) in [5, 5.41) is 9.80. The molecule has 20 heavy (non-hydrogen) atoms. The Bertz CT molecular complexity index is 617. The Morgan fingerprint density at radius 3 is 3.10 bits per heavy atom. The molecule has 2 aromatic rings. The number of hydrogen-bond acceptors (Lipinski definition) is 3. The minimum absolute atomic E-state index is 0.0398. The Morgan fingerprint density at radius 2 is 2.40 bits per heavy atom. The van der Waals surface area contributed by atoms with E-state index in [9.17, 15) is 4.79 Å². The fraction of sp³-hybridized carbons (Fsp3) is 0.333. The summed E-state index contributed by atoms with van der Waals surface area (Å²) in [7, 11) is 0. The van der Waals surface area contributed by atoms with Gasteiger partial charge in [-0.3, -0.25) is 9.89 Å². The second-order valence-corrected chi connectivity index (χ2v) is 4.97. The normalized spacial score (nSPS) is 14.1. The molecule has 1 radical (unpaired) electrons. The largest absolute Gasteiger partial charge is 0.484 e. The first-order valence-electron chi connectivity index (χ1n) is 6.66. The highest BCUT2D eigenvalue weighted by Crippen LogP contribution is 2.25. The zero-order valence-corrected chi connectivity index (χ0v) is 11.3. The number of rotatable bonds is 5. The molecular weight excluding hydrogens is 254 g/mol. The van der Waals surface area contributed by atoms with Crippen LogP contribution < -0.4 is 10.1 Å². The molecule has 0 saturated heterocycles. The van der Waals surface area contributed by atoms with Gasteiger partial charge in [-0.05, 0) is 49.6 Å². The lowest BCUT2D eigenvalue weighted by atomic mass is 10.1. The van der Waals surface area contributed by atoms with Crippen molar-refractivity contribution in [1.82, 2.24) is 15.5 Å². The van der Waals surface area contributed by atoms with Crippen molar-refractivity contribution in [2.45, 2.75) is 25.8 Å². The van der Waals surface area contributed by atoms with Gasteiger partial charge in [0.15, 0.2) is 6.61 Å². The third kappa shape index (κ3) is 2.99. The van der Waals surface area contributed by atoms with Gasteiger partial charge in [-0.15, -0.1) is 0 Å². The Morgan fingerprint density at radius 1 is 1.55 bits per heavy atom. The van der Waals surface area contributed by atoms with Crippen LogP contribution >= 0.6 is 0 Å². The summed E-state index contributed by atoms with van der Waals surface area (Å²) in [6, 6.07) is 8.87. The Labute approximate surface area is 117 Å². The number of nitrogens with one attached hydrogen (secondary N) is 2. The van der Waals surface area contributed by atoms with Crippen LogP contribution in [0.4, 0.5) is 0 Å². The summed E-state index contributed by atoms with van der Waals surface area (Å²) in [5.41, 5.74) is 2.90. The molecule has 1 aliphatic rings. The Hall–Kier alpha value is -2.30. The van der Waals surface area contributed by atoms with Gasteiger partial charge in [0.1, 0.15) is 5.75 Å². The van der Waals surface area contributed by atoms with Gasteiger partial charge in [0.2, 0.25) is 0 Å². The fourth-order valence-corrected chi connectivity index (χ4v) is 1.99. The monoisotopic (exact) mass is 270 g/mol. The summed E-state index contributed by atoms with van der Waals surface area (Å²) in [5.74, 6) is 0.562. The topological polar surface area (TPSA) is 67.0 Å². The van der Waals surface area contributed by atoms with Crippen molar-refractivity contribution in [2.75, 3.05) is 6.61 Å². The number of aromatic nitrogens is 2. The van der Waals surface area contributed by atoms with Crippen LogP contribution in [-0.2, 0) is 4.79 Å². The minimum atomic E-state index is -0.0719.